The van der Waals surface area contributed by atoms with Crippen molar-refractivity contribution in [3.8, 4) is 0 Å². The van der Waals surface area contributed by atoms with Crippen LogP contribution in [0.1, 0.15) is 19.3 Å². The molecule has 0 bridgehead atoms. The van der Waals surface area contributed by atoms with Crippen LogP contribution in [0.2, 0.25) is 0 Å². The first kappa shape index (κ1) is 21.2. The molecule has 1 N–H and O–H groups in total. The van der Waals surface area contributed by atoms with Crippen LogP contribution in [-0.2, 0) is 18.9 Å². The minimum Gasteiger partial charge on any atom is -0.457 e. The lowest BCUT2D eigenvalue weighted by molar-refractivity contribution is -0.433. The number of hydrogen-bond donors (Lipinski definition) is 1. The van der Waals surface area contributed by atoms with Crippen molar-refractivity contribution in [1.29, 1.82) is 0 Å². The molecule has 24 heavy (non-hydrogen) atoms. The van der Waals surface area contributed by atoms with Crippen molar-refractivity contribution in [2.24, 2.45) is 11.8 Å². The molecule has 1 rings (SSSR count). The Morgan fingerprint density at radius 3 is 1.96 bits per heavy atom. The maximum atomic E-state index is 13.1. The van der Waals surface area contributed by atoms with Crippen LogP contribution < -0.4 is 0 Å². The summed E-state index contributed by atoms with van der Waals surface area (Å²) in [6.45, 7) is 0. The van der Waals surface area contributed by atoms with Crippen LogP contribution in [0.25, 0.3) is 0 Å². The second-order valence-corrected chi connectivity index (χ2v) is 5.69. The van der Waals surface area contributed by atoms with Gasteiger partial charge in [-0.1, -0.05) is 5.04 Å². The summed E-state index contributed by atoms with van der Waals surface area (Å²) in [5.74, 6) is -7.91. The molecule has 1 aliphatic carbocycles. The molecule has 0 aromatic heterocycles. The van der Waals surface area contributed by atoms with E-state index in [1.807, 2.05) is 0 Å². The molecule has 0 aromatic carbocycles. The smallest absolute Gasteiger partial charge is 0.415 e. The summed E-state index contributed by atoms with van der Waals surface area (Å²) in [5.41, 5.74) is 0. The monoisotopic (exact) mass is 394 g/mol. The molecule has 0 spiro atoms. The quantitative estimate of drug-likeness (QED) is 0.249. The van der Waals surface area contributed by atoms with Gasteiger partial charge in [-0.15, -0.1) is 4.33 Å². The van der Waals surface area contributed by atoms with Crippen molar-refractivity contribution < 1.29 is 59.3 Å². The number of alkyl halides is 8. The van der Waals surface area contributed by atoms with E-state index < -0.39 is 72.8 Å². The van der Waals surface area contributed by atoms with Crippen LogP contribution in [0, 0.1) is 11.8 Å². The molecule has 0 saturated heterocycles. The van der Waals surface area contributed by atoms with Crippen LogP contribution in [0.5, 0.6) is 0 Å². The topological polar surface area (TPSA) is 65.0 Å². The largest absolute Gasteiger partial charge is 0.457 e. The fraction of sp³-hybridized carbons (Fsp3) is 0.900. The first-order chi connectivity index (χ1) is 10.8. The van der Waals surface area contributed by atoms with Gasteiger partial charge in [0.1, 0.15) is 18.1 Å². The first-order valence-electron chi connectivity index (χ1n) is 6.17. The van der Waals surface area contributed by atoms with Gasteiger partial charge in [0.15, 0.2) is 0 Å². The number of carbonyl (C=O) groups is 1. The van der Waals surface area contributed by atoms with Gasteiger partial charge in [-0.3, -0.25) is 0 Å². The molecule has 0 radical (unpaired) electrons. The van der Waals surface area contributed by atoms with Crippen LogP contribution in [0.3, 0.4) is 0 Å². The summed E-state index contributed by atoms with van der Waals surface area (Å²) in [6, 6.07) is 0. The number of hydrogen-bond acceptors (Lipinski definition) is 6. The van der Waals surface area contributed by atoms with E-state index in [-0.39, 0.29) is 0 Å². The standard InChI is InChI=1S/C10H10F8O5S/c11-8(12,13)5-2-1-4(3-6(5)9(14,15)16)21-7(19)10(17,18)24-23-22-20/h4-6,20H,1-3H2. The summed E-state index contributed by atoms with van der Waals surface area (Å²) in [5, 5.41) is 6.09. The van der Waals surface area contributed by atoms with Crippen LogP contribution in [0.15, 0.2) is 0 Å². The van der Waals surface area contributed by atoms with E-state index in [2.05, 4.69) is 14.1 Å². The maximum absolute atomic E-state index is 13.1. The molecule has 0 amide bonds. The van der Waals surface area contributed by atoms with Crippen molar-refractivity contribution in [3.63, 3.8) is 0 Å². The Kier molecular flexibility index (Phi) is 6.69. The molecule has 1 aliphatic rings. The van der Waals surface area contributed by atoms with Gasteiger partial charge < -0.3 is 4.74 Å². The Labute approximate surface area is 133 Å². The zero-order valence-corrected chi connectivity index (χ0v) is 12.2. The maximum Gasteiger partial charge on any atom is 0.415 e. The molecular weight excluding hydrogens is 384 g/mol. The van der Waals surface area contributed by atoms with Gasteiger partial charge in [0.05, 0.1) is 11.8 Å². The van der Waals surface area contributed by atoms with Crippen molar-refractivity contribution >= 4 is 18.0 Å². The molecule has 1 fully saturated rings. The molecule has 0 aromatic rings. The van der Waals surface area contributed by atoms with Crippen molar-refractivity contribution in [1.82, 2.24) is 0 Å². The van der Waals surface area contributed by atoms with Gasteiger partial charge in [-0.05, 0) is 19.3 Å². The lowest BCUT2D eigenvalue weighted by Crippen LogP contribution is -2.46. The average Bonchev–Trinajstić information content (AvgIpc) is 2.43. The molecule has 3 atom stereocenters. The Bertz CT molecular complexity index is 440. The molecule has 3 unspecified atom stereocenters. The first-order valence-corrected chi connectivity index (χ1v) is 6.91. The van der Waals surface area contributed by atoms with Crippen LogP contribution in [-0.4, -0.2) is 34.9 Å². The van der Waals surface area contributed by atoms with E-state index in [0.717, 1.165) is 0 Å². The van der Waals surface area contributed by atoms with Gasteiger partial charge in [0.2, 0.25) is 0 Å². The molecule has 5 nitrogen and oxygen atoms in total. The molecule has 0 aliphatic heterocycles. The predicted octanol–water partition coefficient (Wildman–Crippen LogP) is 4.10. The fourth-order valence-corrected chi connectivity index (χ4v) is 2.54. The highest BCUT2D eigenvalue weighted by atomic mass is 32.2. The summed E-state index contributed by atoms with van der Waals surface area (Å²) in [6.07, 6.45) is -15.1. The van der Waals surface area contributed by atoms with Gasteiger partial charge in [0, 0.05) is 0 Å². The van der Waals surface area contributed by atoms with E-state index in [9.17, 15) is 39.9 Å². The van der Waals surface area contributed by atoms with Gasteiger partial charge in [-0.25, -0.2) is 10.1 Å². The lowest BCUT2D eigenvalue weighted by atomic mass is 9.77. The normalized spacial score (nSPS) is 26.3. The fourth-order valence-electron chi connectivity index (χ4n) is 2.30. The SMILES string of the molecule is O=C(OC1CCC(C(F)(F)F)C(C(F)(F)F)C1)C(F)(F)SOOO. The average molecular weight is 394 g/mol. The Hall–Kier alpha value is -0.860. The van der Waals surface area contributed by atoms with E-state index in [4.69, 9.17) is 5.26 Å². The highest BCUT2D eigenvalue weighted by molar-refractivity contribution is 7.96. The zero-order chi connectivity index (χ0) is 18.8. The Balaban J connectivity index is 2.78. The van der Waals surface area contributed by atoms with Crippen LogP contribution in [0.4, 0.5) is 35.1 Å². The van der Waals surface area contributed by atoms with E-state index >= 15 is 0 Å². The van der Waals surface area contributed by atoms with Gasteiger partial charge >= 0.3 is 23.6 Å². The highest BCUT2D eigenvalue weighted by Crippen LogP contribution is 2.49. The molecule has 0 heterocycles. The Morgan fingerprint density at radius 2 is 1.50 bits per heavy atom. The van der Waals surface area contributed by atoms with Crippen molar-refractivity contribution in [3.05, 3.63) is 0 Å². The molecule has 1 saturated carbocycles. The zero-order valence-electron chi connectivity index (χ0n) is 11.4. The second kappa shape index (κ2) is 7.58. The minimum atomic E-state index is -5.24. The number of esters is 1. The molecule has 142 valence electrons. The third kappa shape index (κ3) is 5.60. The van der Waals surface area contributed by atoms with Crippen molar-refractivity contribution in [2.75, 3.05) is 0 Å². The second-order valence-electron chi connectivity index (χ2n) is 4.88. The van der Waals surface area contributed by atoms with E-state index in [1.165, 1.54) is 0 Å². The van der Waals surface area contributed by atoms with Gasteiger partial charge in [-0.2, -0.15) is 35.1 Å². The highest BCUT2D eigenvalue weighted by Gasteiger charge is 2.58. The number of halogens is 8. The van der Waals surface area contributed by atoms with Crippen LogP contribution >= 0.6 is 12.0 Å². The molecule has 14 heteroatoms. The summed E-state index contributed by atoms with van der Waals surface area (Å²) >= 11 is -0.996. The minimum absolute atomic E-state index is 0.666. The predicted molar refractivity (Wildman–Crippen MR) is 60.2 cm³/mol. The summed E-state index contributed by atoms with van der Waals surface area (Å²) in [4.78, 5) is 11.2. The van der Waals surface area contributed by atoms with Gasteiger partial charge in [0.25, 0.3) is 0 Å². The summed E-state index contributed by atoms with van der Waals surface area (Å²) in [7, 11) is 0. The Morgan fingerprint density at radius 1 is 0.958 bits per heavy atom. The summed E-state index contributed by atoms with van der Waals surface area (Å²) < 4.78 is 110. The number of rotatable bonds is 5. The third-order valence-corrected chi connectivity index (χ3v) is 3.83. The lowest BCUT2D eigenvalue weighted by Gasteiger charge is -2.37. The number of carbonyl (C=O) groups excluding carboxylic acids is 1. The third-order valence-electron chi connectivity index (χ3n) is 3.32. The molecular formula is C10H10F8O5S. The number of ether oxygens (including phenoxy) is 1. The van der Waals surface area contributed by atoms with Crippen molar-refractivity contribution in [2.45, 2.75) is 43.0 Å². The van der Waals surface area contributed by atoms with E-state index in [0.29, 0.717) is 0 Å². The van der Waals surface area contributed by atoms with E-state index in [1.54, 1.807) is 0 Å².